The molecular formula is C28H38F3N7O4S. The summed E-state index contributed by atoms with van der Waals surface area (Å²) in [6.45, 7) is 9.32. The molecule has 15 heteroatoms. The molecule has 2 aromatic heterocycles. The standard InChI is InChI=1S/C28H38F3N7O4S/c1-17-15-26(4,5)37(16-17)24-20(25(39)36-43(40,41)23(18(2)32)19(3)33-6)7-8-21(34-24)38-13-9-22(35-38)42-14-12-27(10-11-27)28(29,30)31/h7-9,13,17,32-33H,10-12,14-16H2,1-6H3,(H,36,39)/b23-19+,32-18?/t17-/m0/s1. The van der Waals surface area contributed by atoms with Crippen molar-refractivity contribution in [2.75, 3.05) is 25.1 Å². The summed E-state index contributed by atoms with van der Waals surface area (Å²) >= 11 is 0. The lowest BCUT2D eigenvalue weighted by Crippen LogP contribution is -2.41. The van der Waals surface area contributed by atoms with Gasteiger partial charge >= 0.3 is 6.18 Å². The van der Waals surface area contributed by atoms with Crippen LogP contribution in [0.4, 0.5) is 19.0 Å². The third-order valence-corrected chi connectivity index (χ3v) is 9.67. The lowest BCUT2D eigenvalue weighted by molar-refractivity contribution is -0.190. The molecule has 1 atom stereocenters. The summed E-state index contributed by atoms with van der Waals surface area (Å²) in [6, 6.07) is 4.46. The number of rotatable bonds is 11. The van der Waals surface area contributed by atoms with Gasteiger partial charge in [-0.25, -0.2) is 22.8 Å². The third kappa shape index (κ3) is 6.65. The smallest absolute Gasteiger partial charge is 0.394 e. The van der Waals surface area contributed by atoms with Crippen molar-refractivity contribution in [1.29, 1.82) is 5.41 Å². The minimum Gasteiger partial charge on any atom is -0.477 e. The van der Waals surface area contributed by atoms with E-state index >= 15 is 0 Å². The number of alkyl halides is 3. The van der Waals surface area contributed by atoms with Gasteiger partial charge in [0.05, 0.1) is 23.3 Å². The Bertz CT molecular complexity index is 1550. The predicted octanol–water partition coefficient (Wildman–Crippen LogP) is 4.55. The van der Waals surface area contributed by atoms with E-state index in [1.807, 2.05) is 18.7 Å². The number of amides is 1. The van der Waals surface area contributed by atoms with Crippen LogP contribution in [0.2, 0.25) is 0 Å². The fraction of sp³-hybridized carbons (Fsp3) is 0.571. The minimum atomic E-state index is -4.40. The summed E-state index contributed by atoms with van der Waals surface area (Å²) in [6.07, 6.45) is -1.86. The van der Waals surface area contributed by atoms with Gasteiger partial charge in [-0.1, -0.05) is 6.92 Å². The Balaban J connectivity index is 1.63. The summed E-state index contributed by atoms with van der Waals surface area (Å²) in [5, 5.41) is 15.0. The number of nitrogens with one attached hydrogen (secondary N) is 3. The first-order valence-electron chi connectivity index (χ1n) is 14.0. The van der Waals surface area contributed by atoms with E-state index in [1.165, 1.54) is 43.8 Å². The van der Waals surface area contributed by atoms with E-state index in [0.717, 1.165) is 6.42 Å². The van der Waals surface area contributed by atoms with Crippen LogP contribution in [0.25, 0.3) is 5.82 Å². The van der Waals surface area contributed by atoms with Crippen molar-refractivity contribution in [3.8, 4) is 11.7 Å². The first-order valence-corrected chi connectivity index (χ1v) is 15.4. The maximum absolute atomic E-state index is 13.5. The van der Waals surface area contributed by atoms with Crippen molar-refractivity contribution >= 4 is 27.5 Å². The molecule has 0 unspecified atom stereocenters. The summed E-state index contributed by atoms with van der Waals surface area (Å²) in [5.41, 5.74) is -2.09. The Morgan fingerprint density at radius 1 is 1.21 bits per heavy atom. The van der Waals surface area contributed by atoms with Crippen LogP contribution in [0.1, 0.15) is 70.7 Å². The molecule has 0 bridgehead atoms. The Hall–Kier alpha value is -3.62. The molecule has 1 aliphatic heterocycles. The first kappa shape index (κ1) is 32.3. The van der Waals surface area contributed by atoms with Crippen molar-refractivity contribution in [2.24, 2.45) is 11.3 Å². The van der Waals surface area contributed by atoms with E-state index < -0.39 is 33.1 Å². The van der Waals surface area contributed by atoms with E-state index in [-0.39, 0.29) is 65.4 Å². The number of anilines is 1. The van der Waals surface area contributed by atoms with Crippen LogP contribution in [0.5, 0.6) is 5.88 Å². The highest BCUT2D eigenvalue weighted by Gasteiger charge is 2.62. The molecule has 4 rings (SSSR count). The highest BCUT2D eigenvalue weighted by Crippen LogP contribution is 2.59. The molecule has 43 heavy (non-hydrogen) atoms. The average Bonchev–Trinajstić information content (AvgIpc) is 3.45. The van der Waals surface area contributed by atoms with Crippen LogP contribution in [0.15, 0.2) is 35.0 Å². The van der Waals surface area contributed by atoms with Crippen LogP contribution in [0, 0.1) is 16.7 Å². The van der Waals surface area contributed by atoms with Gasteiger partial charge in [0.25, 0.3) is 15.9 Å². The maximum atomic E-state index is 13.5. The number of carbonyl (C=O) groups excluding carboxylic acids is 1. The van der Waals surface area contributed by atoms with Crippen molar-refractivity contribution in [3.05, 3.63) is 40.6 Å². The zero-order valence-corrected chi connectivity index (χ0v) is 25.9. The van der Waals surface area contributed by atoms with Gasteiger partial charge in [-0.3, -0.25) is 4.79 Å². The Labute approximate surface area is 249 Å². The molecule has 1 saturated heterocycles. The first-order chi connectivity index (χ1) is 19.9. The number of ether oxygens (including phenoxy) is 1. The second-order valence-electron chi connectivity index (χ2n) is 12.0. The number of allylic oxidation sites excluding steroid dienone is 2. The van der Waals surface area contributed by atoms with E-state index in [1.54, 1.807) is 6.20 Å². The fourth-order valence-electron chi connectivity index (χ4n) is 5.62. The highest BCUT2D eigenvalue weighted by molar-refractivity contribution is 7.95. The van der Waals surface area contributed by atoms with Gasteiger partial charge in [0.2, 0.25) is 5.88 Å². The lowest BCUT2D eigenvalue weighted by Gasteiger charge is -2.34. The SMILES string of the molecule is CN/C(C)=C(\C(C)=N)S(=O)(=O)NC(=O)c1ccc(-n2ccc(OCCC3(C(F)(F)F)CC3)n2)nc1N1C[C@@H](C)CC1(C)C. The summed E-state index contributed by atoms with van der Waals surface area (Å²) in [4.78, 5) is 19.8. The number of nitrogens with zero attached hydrogens (tertiary/aromatic N) is 4. The molecule has 1 amide bonds. The van der Waals surface area contributed by atoms with Crippen molar-refractivity contribution in [2.45, 2.75) is 72.0 Å². The normalized spacial score (nSPS) is 19.9. The highest BCUT2D eigenvalue weighted by atomic mass is 32.2. The molecule has 2 fully saturated rings. The predicted molar refractivity (Wildman–Crippen MR) is 156 cm³/mol. The van der Waals surface area contributed by atoms with E-state index in [4.69, 9.17) is 15.1 Å². The average molecular weight is 626 g/mol. The van der Waals surface area contributed by atoms with Crippen molar-refractivity contribution in [3.63, 3.8) is 0 Å². The summed E-state index contributed by atoms with van der Waals surface area (Å²) in [5.74, 6) is 0.0433. The van der Waals surface area contributed by atoms with Crippen LogP contribution in [-0.4, -0.2) is 66.7 Å². The number of aromatic nitrogens is 3. The zero-order chi connectivity index (χ0) is 32.0. The Kier molecular flexibility index (Phi) is 8.61. The number of hydrogen-bond acceptors (Lipinski definition) is 9. The van der Waals surface area contributed by atoms with Gasteiger partial charge in [-0.2, -0.15) is 13.2 Å². The van der Waals surface area contributed by atoms with Crippen LogP contribution in [0.3, 0.4) is 0 Å². The monoisotopic (exact) mass is 625 g/mol. The quantitative estimate of drug-likeness (QED) is 0.309. The lowest BCUT2D eigenvalue weighted by atomic mass is 9.97. The molecule has 2 aromatic rings. The molecular weight excluding hydrogens is 587 g/mol. The van der Waals surface area contributed by atoms with Gasteiger partial charge in [0, 0.05) is 37.1 Å². The number of pyridine rings is 1. The number of carbonyl (C=O) groups is 1. The second kappa shape index (κ2) is 11.5. The fourth-order valence-corrected chi connectivity index (χ4v) is 6.99. The molecule has 2 aliphatic rings. The molecule has 0 radical (unpaired) electrons. The molecule has 0 spiro atoms. The van der Waals surface area contributed by atoms with Crippen molar-refractivity contribution < 1.29 is 31.1 Å². The maximum Gasteiger partial charge on any atom is 0.394 e. The summed E-state index contributed by atoms with van der Waals surface area (Å²) in [7, 11) is -2.88. The molecule has 3 heterocycles. The van der Waals surface area contributed by atoms with Gasteiger partial charge in [0.1, 0.15) is 10.7 Å². The van der Waals surface area contributed by atoms with Gasteiger partial charge < -0.3 is 20.4 Å². The van der Waals surface area contributed by atoms with Crippen LogP contribution >= 0.6 is 0 Å². The molecule has 1 aliphatic carbocycles. The van der Waals surface area contributed by atoms with Gasteiger partial charge in [-0.05, 0) is 71.4 Å². The van der Waals surface area contributed by atoms with Crippen LogP contribution in [-0.2, 0) is 10.0 Å². The largest absolute Gasteiger partial charge is 0.477 e. The molecule has 3 N–H and O–H groups in total. The van der Waals surface area contributed by atoms with E-state index in [2.05, 4.69) is 22.1 Å². The topological polar surface area (TPSA) is 142 Å². The number of halogens is 3. The molecule has 236 valence electrons. The minimum absolute atomic E-state index is 0.0177. The Morgan fingerprint density at radius 2 is 1.88 bits per heavy atom. The molecule has 0 aromatic carbocycles. The van der Waals surface area contributed by atoms with E-state index in [0.29, 0.717) is 12.4 Å². The Morgan fingerprint density at radius 3 is 2.42 bits per heavy atom. The third-order valence-electron chi connectivity index (χ3n) is 8.07. The van der Waals surface area contributed by atoms with Gasteiger partial charge in [-0.15, -0.1) is 5.10 Å². The number of hydrogen-bond donors (Lipinski definition) is 3. The zero-order valence-electron chi connectivity index (χ0n) is 25.1. The second-order valence-corrected chi connectivity index (χ2v) is 13.6. The molecule has 11 nitrogen and oxygen atoms in total. The van der Waals surface area contributed by atoms with Crippen LogP contribution < -0.4 is 19.7 Å². The van der Waals surface area contributed by atoms with Gasteiger partial charge in [0.15, 0.2) is 5.82 Å². The van der Waals surface area contributed by atoms with Crippen molar-refractivity contribution in [1.82, 2.24) is 24.8 Å². The summed E-state index contributed by atoms with van der Waals surface area (Å²) < 4.78 is 75.0. The van der Waals surface area contributed by atoms with E-state index in [9.17, 15) is 26.4 Å². The number of sulfonamides is 1. The molecule has 1 saturated carbocycles.